The number of likely N-dealkylation sites (tertiary alicyclic amines) is 1. The van der Waals surface area contributed by atoms with E-state index in [-0.39, 0.29) is 23.9 Å². The van der Waals surface area contributed by atoms with E-state index in [4.69, 9.17) is 9.47 Å². The molecule has 1 fully saturated rings. The minimum Gasteiger partial charge on any atom is -0.508 e. The molecule has 2 aliphatic heterocycles. The van der Waals surface area contributed by atoms with Gasteiger partial charge in [0.05, 0.1) is 19.3 Å². The van der Waals surface area contributed by atoms with Crippen molar-refractivity contribution in [3.8, 4) is 5.75 Å². The number of amides is 1. The SMILES string of the molecule is CC(C)(C)OC(=O)N1CC2OCc3c(O)cccc3C2C1. The van der Waals surface area contributed by atoms with Crippen LogP contribution < -0.4 is 0 Å². The van der Waals surface area contributed by atoms with Gasteiger partial charge in [-0.2, -0.15) is 0 Å². The third-order valence-electron chi connectivity index (χ3n) is 3.95. The first-order chi connectivity index (χ1) is 9.85. The minimum absolute atomic E-state index is 0.0215. The number of fused-ring (bicyclic) bond motifs is 3. The second-order valence-corrected chi connectivity index (χ2v) is 6.69. The van der Waals surface area contributed by atoms with Crippen molar-refractivity contribution in [1.29, 1.82) is 0 Å². The number of benzene rings is 1. The molecule has 0 spiro atoms. The lowest BCUT2D eigenvalue weighted by molar-refractivity contribution is 0.0120. The third-order valence-corrected chi connectivity index (χ3v) is 3.95. The predicted octanol–water partition coefficient (Wildman–Crippen LogP) is 2.63. The number of phenols is 1. The first-order valence-electron chi connectivity index (χ1n) is 7.25. The van der Waals surface area contributed by atoms with Crippen molar-refractivity contribution in [2.75, 3.05) is 13.1 Å². The number of phenolic OH excluding ortho intramolecular Hbond substituents is 1. The average molecular weight is 291 g/mol. The summed E-state index contributed by atoms with van der Waals surface area (Å²) in [4.78, 5) is 13.9. The van der Waals surface area contributed by atoms with Crippen LogP contribution >= 0.6 is 0 Å². The third kappa shape index (κ3) is 2.70. The Balaban J connectivity index is 1.79. The van der Waals surface area contributed by atoms with Crippen LogP contribution in [0.5, 0.6) is 5.75 Å². The summed E-state index contributed by atoms with van der Waals surface area (Å²) >= 11 is 0. The molecule has 1 aromatic carbocycles. The van der Waals surface area contributed by atoms with Crippen LogP contribution in [0.4, 0.5) is 4.79 Å². The van der Waals surface area contributed by atoms with Gasteiger partial charge in [-0.05, 0) is 32.4 Å². The Labute approximate surface area is 124 Å². The van der Waals surface area contributed by atoms with Crippen LogP contribution in [0.25, 0.3) is 0 Å². The topological polar surface area (TPSA) is 59.0 Å². The summed E-state index contributed by atoms with van der Waals surface area (Å²) in [5.74, 6) is 0.370. The molecule has 5 nitrogen and oxygen atoms in total. The van der Waals surface area contributed by atoms with Gasteiger partial charge in [0.1, 0.15) is 11.4 Å². The second kappa shape index (κ2) is 4.91. The molecule has 1 saturated heterocycles. The molecule has 0 aromatic heterocycles. The fourth-order valence-electron chi connectivity index (χ4n) is 3.00. The zero-order valence-corrected chi connectivity index (χ0v) is 12.6. The van der Waals surface area contributed by atoms with Crippen LogP contribution in [-0.4, -0.2) is 40.9 Å². The van der Waals surface area contributed by atoms with Gasteiger partial charge in [-0.3, -0.25) is 0 Å². The van der Waals surface area contributed by atoms with Crippen molar-refractivity contribution in [2.45, 2.75) is 45.0 Å². The number of rotatable bonds is 0. The molecule has 3 rings (SSSR count). The Morgan fingerprint density at radius 2 is 2.14 bits per heavy atom. The van der Waals surface area contributed by atoms with Crippen LogP contribution in [0.15, 0.2) is 18.2 Å². The van der Waals surface area contributed by atoms with Crippen molar-refractivity contribution < 1.29 is 19.4 Å². The van der Waals surface area contributed by atoms with E-state index >= 15 is 0 Å². The highest BCUT2D eigenvalue weighted by Gasteiger charge is 2.42. The van der Waals surface area contributed by atoms with Crippen LogP contribution in [0.1, 0.15) is 37.8 Å². The Hall–Kier alpha value is -1.75. The molecule has 0 bridgehead atoms. The maximum atomic E-state index is 12.2. The maximum Gasteiger partial charge on any atom is 0.410 e. The highest BCUT2D eigenvalue weighted by atomic mass is 16.6. The van der Waals surface area contributed by atoms with Crippen molar-refractivity contribution in [3.05, 3.63) is 29.3 Å². The molecular weight excluding hydrogens is 270 g/mol. The van der Waals surface area contributed by atoms with Crippen LogP contribution in [0, 0.1) is 0 Å². The molecule has 2 heterocycles. The van der Waals surface area contributed by atoms with Crippen LogP contribution in [0.3, 0.4) is 0 Å². The van der Waals surface area contributed by atoms with Crippen molar-refractivity contribution in [3.63, 3.8) is 0 Å². The smallest absolute Gasteiger partial charge is 0.410 e. The predicted molar refractivity (Wildman–Crippen MR) is 77.2 cm³/mol. The van der Waals surface area contributed by atoms with Gasteiger partial charge >= 0.3 is 6.09 Å². The molecule has 1 aromatic rings. The molecule has 2 aliphatic rings. The van der Waals surface area contributed by atoms with Crippen LogP contribution in [0.2, 0.25) is 0 Å². The average Bonchev–Trinajstić information content (AvgIpc) is 2.81. The van der Waals surface area contributed by atoms with Gasteiger partial charge in [0.15, 0.2) is 0 Å². The van der Waals surface area contributed by atoms with E-state index < -0.39 is 5.60 Å². The Morgan fingerprint density at radius 3 is 2.86 bits per heavy atom. The van der Waals surface area contributed by atoms with E-state index in [0.29, 0.717) is 19.7 Å². The van der Waals surface area contributed by atoms with E-state index in [2.05, 4.69) is 0 Å². The Morgan fingerprint density at radius 1 is 1.38 bits per heavy atom. The number of aromatic hydroxyl groups is 1. The van der Waals surface area contributed by atoms with Gasteiger partial charge in [-0.25, -0.2) is 4.79 Å². The molecule has 1 amide bonds. The van der Waals surface area contributed by atoms with E-state index in [1.54, 1.807) is 11.0 Å². The maximum absolute atomic E-state index is 12.2. The summed E-state index contributed by atoms with van der Waals surface area (Å²) in [7, 11) is 0. The Kier molecular flexibility index (Phi) is 3.32. The summed E-state index contributed by atoms with van der Waals surface area (Å²) < 4.78 is 11.2. The molecule has 2 atom stereocenters. The molecule has 2 unspecified atom stereocenters. The van der Waals surface area contributed by atoms with E-state index in [1.165, 1.54) is 0 Å². The summed E-state index contributed by atoms with van der Waals surface area (Å²) in [5.41, 5.74) is 1.42. The lowest BCUT2D eigenvalue weighted by Gasteiger charge is -2.27. The largest absolute Gasteiger partial charge is 0.508 e. The number of hydrogen-bond donors (Lipinski definition) is 1. The molecule has 1 N–H and O–H groups in total. The molecular formula is C16H21NO4. The highest BCUT2D eigenvalue weighted by molar-refractivity contribution is 5.69. The van der Waals surface area contributed by atoms with Gasteiger partial charge in [0.25, 0.3) is 0 Å². The lowest BCUT2D eigenvalue weighted by atomic mass is 9.89. The zero-order chi connectivity index (χ0) is 15.2. The van der Waals surface area contributed by atoms with Gasteiger partial charge in [-0.1, -0.05) is 12.1 Å². The summed E-state index contributed by atoms with van der Waals surface area (Å²) in [5, 5.41) is 9.92. The first kappa shape index (κ1) is 14.2. The quantitative estimate of drug-likeness (QED) is 0.798. The fraction of sp³-hybridized carbons (Fsp3) is 0.562. The van der Waals surface area contributed by atoms with E-state index in [0.717, 1.165) is 11.1 Å². The monoisotopic (exact) mass is 291 g/mol. The number of carbonyl (C=O) groups excluding carboxylic acids is 1. The number of nitrogens with zero attached hydrogens (tertiary/aromatic N) is 1. The normalized spacial score (nSPS) is 24.4. The summed E-state index contributed by atoms with van der Waals surface area (Å²) in [6, 6.07) is 5.52. The van der Waals surface area contributed by atoms with Gasteiger partial charge in [0.2, 0.25) is 0 Å². The summed E-state index contributed by atoms with van der Waals surface area (Å²) in [6.45, 7) is 7.07. The van der Waals surface area contributed by atoms with E-state index in [9.17, 15) is 9.90 Å². The summed E-state index contributed by atoms with van der Waals surface area (Å²) in [6.07, 6.45) is -0.325. The van der Waals surface area contributed by atoms with Gasteiger partial charge in [-0.15, -0.1) is 0 Å². The minimum atomic E-state index is -0.498. The lowest BCUT2D eigenvalue weighted by Crippen LogP contribution is -2.36. The van der Waals surface area contributed by atoms with Crippen molar-refractivity contribution in [1.82, 2.24) is 4.90 Å². The highest BCUT2D eigenvalue weighted by Crippen LogP contribution is 2.40. The Bertz CT molecular complexity index is 564. The fourth-order valence-corrected chi connectivity index (χ4v) is 3.00. The molecule has 0 saturated carbocycles. The van der Waals surface area contributed by atoms with E-state index in [1.807, 2.05) is 32.9 Å². The molecule has 0 aliphatic carbocycles. The van der Waals surface area contributed by atoms with Crippen molar-refractivity contribution in [2.24, 2.45) is 0 Å². The molecule has 5 heteroatoms. The van der Waals surface area contributed by atoms with Gasteiger partial charge in [0, 0.05) is 18.0 Å². The number of hydrogen-bond acceptors (Lipinski definition) is 4. The number of ether oxygens (including phenoxy) is 2. The van der Waals surface area contributed by atoms with Crippen LogP contribution in [-0.2, 0) is 16.1 Å². The van der Waals surface area contributed by atoms with Gasteiger partial charge < -0.3 is 19.5 Å². The van der Waals surface area contributed by atoms with Crippen molar-refractivity contribution >= 4 is 6.09 Å². The first-order valence-corrected chi connectivity index (χ1v) is 7.25. The zero-order valence-electron chi connectivity index (χ0n) is 12.6. The molecule has 21 heavy (non-hydrogen) atoms. The number of carbonyl (C=O) groups is 1. The molecule has 114 valence electrons. The standard InChI is InChI=1S/C16H21NO4/c1-16(2,3)21-15(19)17-7-11-10-5-4-6-13(18)12(10)9-20-14(11)8-17/h4-6,11,14,18H,7-9H2,1-3H3. The molecule has 0 radical (unpaired) electrons. The second-order valence-electron chi connectivity index (χ2n) is 6.69.